The van der Waals surface area contributed by atoms with E-state index in [1.54, 1.807) is 0 Å². The van der Waals surface area contributed by atoms with Crippen LogP contribution < -0.4 is 4.74 Å². The number of nitrogens with zero attached hydrogens (tertiary/aromatic N) is 2. The van der Waals surface area contributed by atoms with Crippen molar-refractivity contribution in [3.8, 4) is 17.0 Å². The van der Waals surface area contributed by atoms with Crippen LogP contribution in [-0.4, -0.2) is 16.6 Å². The molecule has 0 saturated carbocycles. The third-order valence-electron chi connectivity index (χ3n) is 3.36. The number of benzene rings is 2. The molecule has 0 spiro atoms. The molecule has 1 aliphatic rings. The van der Waals surface area contributed by atoms with E-state index in [1.165, 1.54) is 5.56 Å². The molecule has 0 unspecified atom stereocenters. The van der Waals surface area contributed by atoms with Crippen LogP contribution in [0.5, 0.6) is 5.75 Å². The highest BCUT2D eigenvalue weighted by Crippen LogP contribution is 2.29. The molecule has 1 radical (unpaired) electrons. The zero-order valence-corrected chi connectivity index (χ0v) is 10.3. The summed E-state index contributed by atoms with van der Waals surface area (Å²) in [6.07, 6.45) is 3.98. The van der Waals surface area contributed by atoms with E-state index in [-0.39, 0.29) is 0 Å². The molecule has 0 amide bonds. The average molecular weight is 247 g/mol. The molecular weight excluding hydrogens is 236 g/mol. The summed E-state index contributed by atoms with van der Waals surface area (Å²) in [4.78, 5) is 8.94. The Morgan fingerprint density at radius 1 is 1.05 bits per heavy atom. The van der Waals surface area contributed by atoms with E-state index in [9.17, 15) is 0 Å². The Morgan fingerprint density at radius 3 is 2.89 bits per heavy atom. The fraction of sp³-hybridized carbons (Fsp3) is 0.125. The predicted molar refractivity (Wildman–Crippen MR) is 73.0 cm³/mol. The zero-order chi connectivity index (χ0) is 12.7. The number of ether oxygens (including phenoxy) is 1. The Morgan fingerprint density at radius 2 is 1.95 bits per heavy atom. The van der Waals surface area contributed by atoms with E-state index in [2.05, 4.69) is 22.2 Å². The molecule has 2 heterocycles. The lowest BCUT2D eigenvalue weighted by molar-refractivity contribution is 0.357. The van der Waals surface area contributed by atoms with Gasteiger partial charge in [-0.25, -0.2) is 9.97 Å². The second-order valence-corrected chi connectivity index (χ2v) is 4.59. The average Bonchev–Trinajstić information content (AvgIpc) is 2.94. The van der Waals surface area contributed by atoms with E-state index in [0.29, 0.717) is 0 Å². The summed E-state index contributed by atoms with van der Waals surface area (Å²) in [5.74, 6) is 0.984. The van der Waals surface area contributed by atoms with Gasteiger partial charge >= 0.3 is 0 Å². The topological polar surface area (TPSA) is 35.0 Å². The summed E-state index contributed by atoms with van der Waals surface area (Å²) < 4.78 is 5.51. The van der Waals surface area contributed by atoms with E-state index in [0.717, 1.165) is 41.1 Å². The second-order valence-electron chi connectivity index (χ2n) is 4.59. The van der Waals surface area contributed by atoms with Gasteiger partial charge in [0.1, 0.15) is 11.9 Å². The third kappa shape index (κ3) is 1.74. The van der Waals surface area contributed by atoms with Gasteiger partial charge in [0.15, 0.2) is 0 Å². The number of fused-ring (bicyclic) bond motifs is 2. The first-order valence-corrected chi connectivity index (χ1v) is 6.31. The third-order valence-corrected chi connectivity index (χ3v) is 3.36. The highest BCUT2D eigenvalue weighted by molar-refractivity contribution is 5.76. The van der Waals surface area contributed by atoms with Crippen LogP contribution in [0.25, 0.3) is 22.3 Å². The highest BCUT2D eigenvalue weighted by Gasteiger charge is 2.13. The molecule has 0 atom stereocenters. The molecule has 0 fully saturated rings. The lowest BCUT2D eigenvalue weighted by Gasteiger charge is -2.04. The molecular formula is C16H11N2O. The molecule has 0 saturated heterocycles. The van der Waals surface area contributed by atoms with E-state index in [4.69, 9.17) is 4.74 Å². The van der Waals surface area contributed by atoms with Crippen LogP contribution in [0.15, 0.2) is 42.5 Å². The van der Waals surface area contributed by atoms with Crippen molar-refractivity contribution in [2.24, 2.45) is 0 Å². The highest BCUT2D eigenvalue weighted by atomic mass is 16.5. The van der Waals surface area contributed by atoms with Crippen molar-refractivity contribution >= 4 is 11.0 Å². The Bertz CT molecular complexity index is 768. The fourth-order valence-electron chi connectivity index (χ4n) is 2.37. The van der Waals surface area contributed by atoms with Crippen molar-refractivity contribution in [3.63, 3.8) is 0 Å². The lowest BCUT2D eigenvalue weighted by atomic mass is 10.1. The Labute approximate surface area is 110 Å². The second kappa shape index (κ2) is 4.05. The van der Waals surface area contributed by atoms with Crippen molar-refractivity contribution in [1.29, 1.82) is 0 Å². The molecule has 1 aromatic heterocycles. The number of rotatable bonds is 1. The molecule has 0 N–H and O–H groups in total. The van der Waals surface area contributed by atoms with Gasteiger partial charge in [-0.2, -0.15) is 0 Å². The van der Waals surface area contributed by atoms with Crippen molar-refractivity contribution < 1.29 is 4.74 Å². The quantitative estimate of drug-likeness (QED) is 0.663. The Kier molecular flexibility index (Phi) is 2.24. The number of hydrogen-bond donors (Lipinski definition) is 0. The minimum absolute atomic E-state index is 0.770. The van der Waals surface area contributed by atoms with Gasteiger partial charge in [0.25, 0.3) is 0 Å². The monoisotopic (exact) mass is 247 g/mol. The molecule has 0 aliphatic carbocycles. The largest absolute Gasteiger partial charge is 0.493 e. The smallest absolute Gasteiger partial charge is 0.122 e. The SMILES string of the molecule is [c]1nc2ccccc2nc1-c1ccc2c(c1)CCO2. The molecule has 19 heavy (non-hydrogen) atoms. The van der Waals surface area contributed by atoms with Crippen molar-refractivity contribution in [2.75, 3.05) is 6.61 Å². The fourth-order valence-corrected chi connectivity index (χ4v) is 2.37. The van der Waals surface area contributed by atoms with Crippen molar-refractivity contribution in [3.05, 3.63) is 54.2 Å². The number of aromatic nitrogens is 2. The van der Waals surface area contributed by atoms with Gasteiger partial charge in [-0.05, 0) is 35.9 Å². The van der Waals surface area contributed by atoms with Gasteiger partial charge < -0.3 is 4.74 Å². The molecule has 1 aliphatic heterocycles. The number of hydrogen-bond acceptors (Lipinski definition) is 3. The maximum Gasteiger partial charge on any atom is 0.122 e. The molecule has 2 aromatic carbocycles. The van der Waals surface area contributed by atoms with E-state index >= 15 is 0 Å². The summed E-state index contributed by atoms with van der Waals surface area (Å²) in [6.45, 7) is 0.770. The van der Waals surface area contributed by atoms with Gasteiger partial charge in [0, 0.05) is 12.0 Å². The first-order valence-electron chi connectivity index (χ1n) is 6.31. The number of para-hydroxylation sites is 2. The van der Waals surface area contributed by atoms with Crippen LogP contribution in [-0.2, 0) is 6.42 Å². The van der Waals surface area contributed by atoms with Gasteiger partial charge in [-0.3, -0.25) is 0 Å². The van der Waals surface area contributed by atoms with Gasteiger partial charge in [0.05, 0.1) is 23.3 Å². The molecule has 0 bridgehead atoms. The van der Waals surface area contributed by atoms with Crippen LogP contribution in [0.2, 0.25) is 0 Å². The lowest BCUT2D eigenvalue weighted by Crippen LogP contribution is -1.89. The first-order chi connectivity index (χ1) is 9.40. The van der Waals surface area contributed by atoms with Crippen LogP contribution in [0.3, 0.4) is 0 Å². The zero-order valence-electron chi connectivity index (χ0n) is 10.3. The molecule has 3 aromatic rings. The minimum Gasteiger partial charge on any atom is -0.493 e. The van der Waals surface area contributed by atoms with Crippen LogP contribution in [0, 0.1) is 6.20 Å². The Hall–Kier alpha value is -2.42. The molecule has 91 valence electrons. The molecule has 3 heteroatoms. The van der Waals surface area contributed by atoms with Crippen LogP contribution in [0.1, 0.15) is 5.56 Å². The summed E-state index contributed by atoms with van der Waals surface area (Å²) in [5, 5.41) is 0. The van der Waals surface area contributed by atoms with E-state index in [1.807, 2.05) is 36.4 Å². The van der Waals surface area contributed by atoms with Crippen molar-refractivity contribution in [1.82, 2.24) is 9.97 Å². The van der Waals surface area contributed by atoms with Crippen LogP contribution in [0.4, 0.5) is 0 Å². The standard InChI is InChI=1S/C16H11N2O/c1-2-4-14-13(3-1)17-10-15(18-14)11-5-6-16-12(9-11)7-8-19-16/h1-6,9H,7-8H2. The van der Waals surface area contributed by atoms with Crippen LogP contribution >= 0.6 is 0 Å². The summed E-state index contributed by atoms with van der Waals surface area (Å²) in [5.41, 5.74) is 4.83. The Balaban J connectivity index is 1.85. The van der Waals surface area contributed by atoms with Gasteiger partial charge in [0.2, 0.25) is 0 Å². The maximum atomic E-state index is 5.51. The predicted octanol–water partition coefficient (Wildman–Crippen LogP) is 3.03. The normalized spacial score (nSPS) is 13.3. The maximum absolute atomic E-state index is 5.51. The first kappa shape index (κ1) is 10.5. The molecule has 4 rings (SSSR count). The molecule has 3 nitrogen and oxygen atoms in total. The minimum atomic E-state index is 0.770. The summed E-state index contributed by atoms with van der Waals surface area (Å²) in [6, 6.07) is 14.0. The van der Waals surface area contributed by atoms with Gasteiger partial charge in [-0.1, -0.05) is 12.1 Å². The summed E-state index contributed by atoms with van der Waals surface area (Å²) in [7, 11) is 0. The van der Waals surface area contributed by atoms with Crippen molar-refractivity contribution in [2.45, 2.75) is 6.42 Å². The van der Waals surface area contributed by atoms with E-state index < -0.39 is 0 Å². The van der Waals surface area contributed by atoms with Gasteiger partial charge in [-0.15, -0.1) is 0 Å². The summed E-state index contributed by atoms with van der Waals surface area (Å²) >= 11 is 0.